The Kier molecular flexibility index (Phi) is 4.20. The SMILES string of the molecule is CC1C(C2(C)C=CC=CC2C)=CC=CC1(C)OP(=O)(O)O. The van der Waals surface area contributed by atoms with Gasteiger partial charge < -0.3 is 9.79 Å². The van der Waals surface area contributed by atoms with Crippen molar-refractivity contribution in [1.29, 1.82) is 0 Å². The van der Waals surface area contributed by atoms with Crippen molar-refractivity contribution in [2.24, 2.45) is 17.3 Å². The van der Waals surface area contributed by atoms with Crippen molar-refractivity contribution in [2.75, 3.05) is 0 Å². The zero-order valence-corrected chi connectivity index (χ0v) is 13.7. The van der Waals surface area contributed by atoms with Gasteiger partial charge in [-0.3, -0.25) is 4.52 Å². The summed E-state index contributed by atoms with van der Waals surface area (Å²) in [6.45, 7) is 7.97. The Labute approximate surface area is 126 Å². The minimum absolute atomic E-state index is 0.140. The fraction of sp³-hybridized carbons (Fsp3) is 0.500. The van der Waals surface area contributed by atoms with E-state index in [1.165, 1.54) is 0 Å². The van der Waals surface area contributed by atoms with Gasteiger partial charge in [0.2, 0.25) is 0 Å². The van der Waals surface area contributed by atoms with Crippen LogP contribution in [0.4, 0.5) is 0 Å². The zero-order chi connectivity index (χ0) is 15.9. The molecule has 2 aliphatic carbocycles. The second kappa shape index (κ2) is 5.36. The van der Waals surface area contributed by atoms with Crippen molar-refractivity contribution in [3.8, 4) is 0 Å². The van der Waals surface area contributed by atoms with Gasteiger partial charge in [-0.15, -0.1) is 0 Å². The third-order valence-electron chi connectivity index (χ3n) is 4.87. The summed E-state index contributed by atoms with van der Waals surface area (Å²) in [6, 6.07) is 0. The highest BCUT2D eigenvalue weighted by Crippen LogP contribution is 2.52. The fourth-order valence-electron chi connectivity index (χ4n) is 3.15. The topological polar surface area (TPSA) is 66.8 Å². The second-order valence-electron chi connectivity index (χ2n) is 6.28. The van der Waals surface area contributed by atoms with Crippen LogP contribution in [0.15, 0.2) is 48.1 Å². The van der Waals surface area contributed by atoms with E-state index in [1.54, 1.807) is 13.0 Å². The van der Waals surface area contributed by atoms with Gasteiger partial charge in [-0.2, -0.15) is 0 Å². The molecule has 0 aromatic rings. The Morgan fingerprint density at radius 2 is 1.81 bits per heavy atom. The van der Waals surface area contributed by atoms with Gasteiger partial charge in [0.25, 0.3) is 0 Å². The van der Waals surface area contributed by atoms with Crippen LogP contribution in [0.1, 0.15) is 27.7 Å². The van der Waals surface area contributed by atoms with E-state index in [4.69, 9.17) is 4.52 Å². The van der Waals surface area contributed by atoms with E-state index in [0.29, 0.717) is 5.92 Å². The maximum absolute atomic E-state index is 11.3. The van der Waals surface area contributed by atoms with E-state index in [9.17, 15) is 14.4 Å². The summed E-state index contributed by atoms with van der Waals surface area (Å²) in [7, 11) is -4.55. The summed E-state index contributed by atoms with van der Waals surface area (Å²) in [6.07, 6.45) is 13.9. The number of allylic oxidation sites excluding steroid dienone is 6. The molecule has 0 aromatic heterocycles. The first-order chi connectivity index (χ1) is 9.58. The summed E-state index contributed by atoms with van der Waals surface area (Å²) in [5.74, 6) is 0.167. The molecule has 0 saturated heterocycles. The lowest BCUT2D eigenvalue weighted by Gasteiger charge is -2.45. The van der Waals surface area contributed by atoms with E-state index < -0.39 is 13.4 Å². The summed E-state index contributed by atoms with van der Waals surface area (Å²) in [4.78, 5) is 18.4. The lowest BCUT2D eigenvalue weighted by atomic mass is 9.62. The third kappa shape index (κ3) is 3.14. The Balaban J connectivity index is 2.37. The Hall–Kier alpha value is -0.930. The molecule has 0 amide bonds. The predicted octanol–water partition coefficient (Wildman–Crippen LogP) is 3.76. The van der Waals surface area contributed by atoms with Crippen molar-refractivity contribution >= 4 is 7.82 Å². The normalized spacial score (nSPS) is 39.4. The molecule has 2 N–H and O–H groups in total. The van der Waals surface area contributed by atoms with Gasteiger partial charge in [0.05, 0.1) is 0 Å². The van der Waals surface area contributed by atoms with Gasteiger partial charge in [0.1, 0.15) is 5.60 Å². The first kappa shape index (κ1) is 16.4. The number of hydrogen-bond donors (Lipinski definition) is 2. The monoisotopic (exact) mass is 310 g/mol. The molecule has 0 heterocycles. The first-order valence-corrected chi connectivity index (χ1v) is 8.64. The molecule has 4 nitrogen and oxygen atoms in total. The molecule has 2 aliphatic rings. The maximum atomic E-state index is 11.3. The number of hydrogen-bond acceptors (Lipinski definition) is 2. The quantitative estimate of drug-likeness (QED) is 0.779. The molecule has 116 valence electrons. The van der Waals surface area contributed by atoms with Gasteiger partial charge in [-0.05, 0) is 12.8 Å². The molecule has 0 spiro atoms. The molecular weight excluding hydrogens is 287 g/mol. The minimum atomic E-state index is -4.55. The largest absolute Gasteiger partial charge is 0.470 e. The average Bonchev–Trinajstić information content (AvgIpc) is 2.34. The molecule has 4 unspecified atom stereocenters. The Morgan fingerprint density at radius 3 is 2.38 bits per heavy atom. The lowest BCUT2D eigenvalue weighted by Crippen LogP contribution is -2.41. The van der Waals surface area contributed by atoms with Crippen LogP contribution in [0, 0.1) is 17.3 Å². The molecule has 0 radical (unpaired) electrons. The molecular formula is C16H23O4P. The van der Waals surface area contributed by atoms with Crippen LogP contribution >= 0.6 is 7.82 Å². The molecule has 0 fully saturated rings. The molecule has 0 aliphatic heterocycles. The van der Waals surface area contributed by atoms with E-state index in [2.05, 4.69) is 26.0 Å². The highest BCUT2D eigenvalue weighted by Gasteiger charge is 2.45. The second-order valence-corrected chi connectivity index (χ2v) is 7.45. The van der Waals surface area contributed by atoms with Crippen LogP contribution in [0.2, 0.25) is 0 Å². The van der Waals surface area contributed by atoms with Gasteiger partial charge in [0.15, 0.2) is 0 Å². The molecule has 21 heavy (non-hydrogen) atoms. The molecule has 0 saturated carbocycles. The van der Waals surface area contributed by atoms with Gasteiger partial charge in [0, 0.05) is 11.3 Å². The number of phosphoric acid groups is 1. The van der Waals surface area contributed by atoms with Crippen LogP contribution in [0.5, 0.6) is 0 Å². The molecule has 0 bridgehead atoms. The van der Waals surface area contributed by atoms with E-state index in [0.717, 1.165) is 5.57 Å². The number of phosphoric ester groups is 1. The highest BCUT2D eigenvalue weighted by molar-refractivity contribution is 7.46. The average molecular weight is 310 g/mol. The van der Waals surface area contributed by atoms with Gasteiger partial charge in [-0.1, -0.05) is 68.9 Å². The number of rotatable bonds is 3. The lowest BCUT2D eigenvalue weighted by molar-refractivity contribution is 0.0486. The Morgan fingerprint density at radius 1 is 1.14 bits per heavy atom. The summed E-state index contributed by atoms with van der Waals surface area (Å²) >= 11 is 0. The smallest absolute Gasteiger partial charge is 0.303 e. The Bertz CT molecular complexity index is 583. The van der Waals surface area contributed by atoms with Crippen LogP contribution in [0.3, 0.4) is 0 Å². The highest BCUT2D eigenvalue weighted by atomic mass is 31.2. The fourth-order valence-corrected chi connectivity index (χ4v) is 3.88. The van der Waals surface area contributed by atoms with Gasteiger partial charge >= 0.3 is 7.82 Å². The molecule has 2 rings (SSSR count). The summed E-state index contributed by atoms with van der Waals surface area (Å²) < 4.78 is 16.3. The summed E-state index contributed by atoms with van der Waals surface area (Å²) in [5.41, 5.74) is -0.0757. The van der Waals surface area contributed by atoms with E-state index in [-0.39, 0.29) is 11.3 Å². The molecule has 4 atom stereocenters. The van der Waals surface area contributed by atoms with Crippen LogP contribution < -0.4 is 0 Å². The van der Waals surface area contributed by atoms with E-state index >= 15 is 0 Å². The first-order valence-electron chi connectivity index (χ1n) is 7.11. The maximum Gasteiger partial charge on any atom is 0.470 e. The van der Waals surface area contributed by atoms with Crippen LogP contribution in [-0.2, 0) is 9.09 Å². The standard InChI is InChI=1S/C16H23O4P/c1-12-8-5-6-10-15(12,3)14-9-7-11-16(4,13(14)2)20-21(17,18)19/h5-13H,1-4H3,(H2,17,18,19). The van der Waals surface area contributed by atoms with Crippen molar-refractivity contribution < 1.29 is 18.9 Å². The van der Waals surface area contributed by atoms with Crippen LogP contribution in [-0.4, -0.2) is 15.4 Å². The molecule has 0 aromatic carbocycles. The molecule has 5 heteroatoms. The zero-order valence-electron chi connectivity index (χ0n) is 12.9. The third-order valence-corrected chi connectivity index (χ3v) is 5.50. The van der Waals surface area contributed by atoms with Crippen molar-refractivity contribution in [3.05, 3.63) is 48.1 Å². The van der Waals surface area contributed by atoms with Crippen LogP contribution in [0.25, 0.3) is 0 Å². The predicted molar refractivity (Wildman–Crippen MR) is 83.5 cm³/mol. The van der Waals surface area contributed by atoms with Gasteiger partial charge in [-0.25, -0.2) is 4.57 Å². The van der Waals surface area contributed by atoms with Crippen molar-refractivity contribution in [2.45, 2.75) is 33.3 Å². The van der Waals surface area contributed by atoms with Crippen molar-refractivity contribution in [1.82, 2.24) is 0 Å². The van der Waals surface area contributed by atoms with E-state index in [1.807, 2.05) is 31.2 Å². The summed E-state index contributed by atoms with van der Waals surface area (Å²) in [5, 5.41) is 0. The minimum Gasteiger partial charge on any atom is -0.303 e. The van der Waals surface area contributed by atoms with Crippen molar-refractivity contribution in [3.63, 3.8) is 0 Å².